The molecule has 1 nitrogen and oxygen atoms in total. The van der Waals surface area contributed by atoms with Gasteiger partial charge in [-0.3, -0.25) is 0 Å². The van der Waals surface area contributed by atoms with E-state index in [1.54, 1.807) is 0 Å². The number of nitrogens with one attached hydrogen (secondary N) is 1. The van der Waals surface area contributed by atoms with E-state index in [1.807, 2.05) is 12.1 Å². The van der Waals surface area contributed by atoms with Crippen molar-refractivity contribution < 1.29 is 0 Å². The van der Waals surface area contributed by atoms with Crippen LogP contribution in [0.1, 0.15) is 16.7 Å². The minimum atomic E-state index is 0.755. The van der Waals surface area contributed by atoms with Gasteiger partial charge in [0.15, 0.2) is 0 Å². The second-order valence-electron chi connectivity index (χ2n) is 4.38. The highest BCUT2D eigenvalue weighted by Gasteiger charge is 2.05. The molecule has 1 N–H and O–H groups in total. The molecule has 0 amide bonds. The topological polar surface area (TPSA) is 12.0 Å². The molecule has 0 spiro atoms. The van der Waals surface area contributed by atoms with E-state index in [1.165, 1.54) is 11.1 Å². The highest BCUT2D eigenvalue weighted by atomic mass is 79.9. The van der Waals surface area contributed by atoms with Gasteiger partial charge in [-0.25, -0.2) is 0 Å². The largest absolute Gasteiger partial charge is 0.380 e. The first kappa shape index (κ1) is 13.4. The maximum absolute atomic E-state index is 6.19. The maximum atomic E-state index is 6.19. The normalized spacial score (nSPS) is 10.4. The molecule has 18 heavy (non-hydrogen) atoms. The smallest absolute Gasteiger partial charge is 0.0640 e. The molecule has 0 radical (unpaired) electrons. The van der Waals surface area contributed by atoms with Crippen LogP contribution in [-0.2, 0) is 6.54 Å². The molecular weight excluding hydrogens is 310 g/mol. The monoisotopic (exact) mass is 323 g/mol. The lowest BCUT2D eigenvalue weighted by atomic mass is 10.1. The van der Waals surface area contributed by atoms with Crippen molar-refractivity contribution in [1.29, 1.82) is 0 Å². The van der Waals surface area contributed by atoms with E-state index in [2.05, 4.69) is 59.4 Å². The van der Waals surface area contributed by atoms with E-state index >= 15 is 0 Å². The van der Waals surface area contributed by atoms with E-state index in [9.17, 15) is 0 Å². The van der Waals surface area contributed by atoms with Crippen molar-refractivity contribution in [2.45, 2.75) is 20.4 Å². The quantitative estimate of drug-likeness (QED) is 0.804. The number of para-hydroxylation sites is 1. The summed E-state index contributed by atoms with van der Waals surface area (Å²) in [5, 5.41) is 4.16. The number of hydrogen-bond acceptors (Lipinski definition) is 1. The van der Waals surface area contributed by atoms with Gasteiger partial charge in [-0.15, -0.1) is 0 Å². The van der Waals surface area contributed by atoms with Crippen LogP contribution in [0.4, 0.5) is 5.69 Å². The molecule has 0 aliphatic carbocycles. The number of rotatable bonds is 3. The van der Waals surface area contributed by atoms with Crippen molar-refractivity contribution in [2.75, 3.05) is 5.32 Å². The number of benzene rings is 2. The first-order valence-corrected chi connectivity index (χ1v) is 6.99. The minimum absolute atomic E-state index is 0.755. The molecule has 2 aromatic carbocycles. The lowest BCUT2D eigenvalue weighted by Gasteiger charge is -2.12. The first-order chi connectivity index (χ1) is 8.58. The van der Waals surface area contributed by atoms with Crippen molar-refractivity contribution in [3.8, 4) is 0 Å². The van der Waals surface area contributed by atoms with Gasteiger partial charge >= 0.3 is 0 Å². The Hall–Kier alpha value is -0.990. The van der Waals surface area contributed by atoms with Crippen LogP contribution in [0.15, 0.2) is 40.9 Å². The molecule has 0 aliphatic heterocycles. The van der Waals surface area contributed by atoms with Gasteiger partial charge in [0, 0.05) is 11.0 Å². The van der Waals surface area contributed by atoms with Gasteiger partial charge in [0.1, 0.15) is 0 Å². The van der Waals surface area contributed by atoms with Crippen LogP contribution in [0, 0.1) is 13.8 Å². The molecule has 0 saturated carbocycles. The molecule has 94 valence electrons. The van der Waals surface area contributed by atoms with Gasteiger partial charge < -0.3 is 5.32 Å². The summed E-state index contributed by atoms with van der Waals surface area (Å²) in [6, 6.07) is 12.3. The van der Waals surface area contributed by atoms with Crippen molar-refractivity contribution in [2.24, 2.45) is 0 Å². The SMILES string of the molecule is Cc1ccc(CNc2c(C)cccc2Cl)c(Br)c1. The molecule has 0 heterocycles. The summed E-state index contributed by atoms with van der Waals surface area (Å²) < 4.78 is 1.12. The van der Waals surface area contributed by atoms with E-state index < -0.39 is 0 Å². The second kappa shape index (κ2) is 5.77. The Morgan fingerprint density at radius 1 is 1.17 bits per heavy atom. The maximum Gasteiger partial charge on any atom is 0.0640 e. The third-order valence-corrected chi connectivity index (χ3v) is 3.94. The molecule has 0 fully saturated rings. The van der Waals surface area contributed by atoms with Gasteiger partial charge in [-0.2, -0.15) is 0 Å². The van der Waals surface area contributed by atoms with Crippen LogP contribution in [0.5, 0.6) is 0 Å². The molecular formula is C15H15BrClN. The number of aryl methyl sites for hydroxylation is 2. The van der Waals surface area contributed by atoms with Crippen LogP contribution in [0.25, 0.3) is 0 Å². The standard InChI is InChI=1S/C15H15BrClN/c1-10-6-7-12(13(16)8-10)9-18-15-11(2)4-3-5-14(15)17/h3-8,18H,9H2,1-2H3. The predicted molar refractivity (Wildman–Crippen MR) is 82.4 cm³/mol. The number of anilines is 1. The van der Waals surface area contributed by atoms with Crippen LogP contribution in [0.3, 0.4) is 0 Å². The summed E-state index contributed by atoms with van der Waals surface area (Å²) in [5.74, 6) is 0. The first-order valence-electron chi connectivity index (χ1n) is 5.82. The predicted octanol–water partition coefficient (Wildman–Crippen LogP) is 5.33. The van der Waals surface area contributed by atoms with E-state index in [0.717, 1.165) is 27.3 Å². The highest BCUT2D eigenvalue weighted by molar-refractivity contribution is 9.10. The van der Waals surface area contributed by atoms with Crippen LogP contribution in [0.2, 0.25) is 5.02 Å². The van der Waals surface area contributed by atoms with Crippen LogP contribution < -0.4 is 5.32 Å². The van der Waals surface area contributed by atoms with Gasteiger partial charge in [0.2, 0.25) is 0 Å². The Kier molecular flexibility index (Phi) is 4.31. The number of hydrogen-bond donors (Lipinski definition) is 1. The highest BCUT2D eigenvalue weighted by Crippen LogP contribution is 2.27. The summed E-state index contributed by atoms with van der Waals surface area (Å²) in [6.45, 7) is 4.89. The molecule has 0 unspecified atom stereocenters. The average molecular weight is 325 g/mol. The Morgan fingerprint density at radius 2 is 1.94 bits per heavy atom. The van der Waals surface area contributed by atoms with Crippen LogP contribution >= 0.6 is 27.5 Å². The van der Waals surface area contributed by atoms with Gasteiger partial charge in [-0.1, -0.05) is 51.8 Å². The van der Waals surface area contributed by atoms with Crippen molar-refractivity contribution in [1.82, 2.24) is 0 Å². The van der Waals surface area contributed by atoms with E-state index in [4.69, 9.17) is 11.6 Å². The lowest BCUT2D eigenvalue weighted by molar-refractivity contribution is 1.12. The fraction of sp³-hybridized carbons (Fsp3) is 0.200. The Bertz CT molecular complexity index is 546. The van der Waals surface area contributed by atoms with Crippen LogP contribution in [-0.4, -0.2) is 0 Å². The molecule has 0 atom stereocenters. The molecule has 0 aromatic heterocycles. The summed E-state index contributed by atoms with van der Waals surface area (Å²) in [4.78, 5) is 0. The number of halogens is 2. The zero-order valence-corrected chi connectivity index (χ0v) is 12.8. The molecule has 0 saturated heterocycles. The Balaban J connectivity index is 2.16. The second-order valence-corrected chi connectivity index (χ2v) is 5.64. The third kappa shape index (κ3) is 3.06. The van der Waals surface area contributed by atoms with Gasteiger partial charge in [0.25, 0.3) is 0 Å². The van der Waals surface area contributed by atoms with Gasteiger partial charge in [-0.05, 0) is 42.7 Å². The Morgan fingerprint density at radius 3 is 2.61 bits per heavy atom. The molecule has 0 bridgehead atoms. The van der Waals surface area contributed by atoms with E-state index in [-0.39, 0.29) is 0 Å². The molecule has 3 heteroatoms. The zero-order valence-electron chi connectivity index (χ0n) is 10.4. The molecule has 2 rings (SSSR count). The van der Waals surface area contributed by atoms with Crippen molar-refractivity contribution in [3.05, 3.63) is 62.6 Å². The van der Waals surface area contributed by atoms with Crippen molar-refractivity contribution in [3.63, 3.8) is 0 Å². The minimum Gasteiger partial charge on any atom is -0.380 e. The molecule has 0 aliphatic rings. The average Bonchev–Trinajstić information content (AvgIpc) is 2.31. The summed E-state index contributed by atoms with van der Waals surface area (Å²) in [6.07, 6.45) is 0. The summed E-state index contributed by atoms with van der Waals surface area (Å²) >= 11 is 9.77. The summed E-state index contributed by atoms with van der Waals surface area (Å²) in [5.41, 5.74) is 4.64. The van der Waals surface area contributed by atoms with E-state index in [0.29, 0.717) is 0 Å². The lowest BCUT2D eigenvalue weighted by Crippen LogP contribution is -2.02. The molecule has 2 aromatic rings. The summed E-state index contributed by atoms with van der Waals surface area (Å²) in [7, 11) is 0. The zero-order chi connectivity index (χ0) is 13.1. The van der Waals surface area contributed by atoms with Gasteiger partial charge in [0.05, 0.1) is 10.7 Å². The fourth-order valence-electron chi connectivity index (χ4n) is 1.84. The van der Waals surface area contributed by atoms with Crippen molar-refractivity contribution >= 4 is 33.2 Å². The fourth-order valence-corrected chi connectivity index (χ4v) is 2.76. The Labute approximate surface area is 121 Å². The third-order valence-electron chi connectivity index (χ3n) is 2.89.